The van der Waals surface area contributed by atoms with E-state index in [4.69, 9.17) is 14.1 Å². The predicted octanol–water partition coefficient (Wildman–Crippen LogP) is 7.46. The zero-order chi connectivity index (χ0) is 26.0. The van der Waals surface area contributed by atoms with E-state index in [1.165, 1.54) is 11.8 Å². The number of nitrogens with zero attached hydrogens (tertiary/aromatic N) is 4. The fourth-order valence-electron chi connectivity index (χ4n) is 4.88. The number of fused-ring (bicyclic) bond motifs is 6. The minimum Gasteiger partial charge on any atom is -0.517 e. The molecule has 8 heteroatoms. The van der Waals surface area contributed by atoms with Crippen molar-refractivity contribution in [1.29, 1.82) is 0 Å². The summed E-state index contributed by atoms with van der Waals surface area (Å²) < 4.78 is 13.9. The number of benzene rings is 2. The minimum absolute atomic E-state index is 0. The third-order valence-electron chi connectivity index (χ3n) is 6.77. The summed E-state index contributed by atoms with van der Waals surface area (Å²) in [5.41, 5.74) is 3.93. The molecule has 0 saturated carbocycles. The van der Waals surface area contributed by atoms with E-state index < -0.39 is 0 Å². The van der Waals surface area contributed by atoms with E-state index in [0.717, 1.165) is 27.8 Å². The van der Waals surface area contributed by atoms with Gasteiger partial charge in [0.2, 0.25) is 5.88 Å². The Morgan fingerprint density at radius 3 is 2.62 bits per heavy atom. The maximum Gasteiger partial charge on any atom is 0.219 e. The average molecular weight is 695 g/mol. The molecule has 5 aromatic heterocycles. The van der Waals surface area contributed by atoms with Crippen LogP contribution in [0.15, 0.2) is 83.5 Å². The van der Waals surface area contributed by atoms with Gasteiger partial charge in [0.05, 0.1) is 22.6 Å². The van der Waals surface area contributed by atoms with Crippen LogP contribution >= 0.6 is 0 Å². The summed E-state index contributed by atoms with van der Waals surface area (Å²) in [5, 5.41) is 13.6. The molecular weight excluding hydrogens is 671 g/mol. The van der Waals surface area contributed by atoms with E-state index in [9.17, 15) is 5.11 Å². The number of hydrogen-bond donors (Lipinski definition) is 1. The third-order valence-corrected chi connectivity index (χ3v) is 6.77. The molecule has 0 radical (unpaired) electrons. The normalized spacial score (nSPS) is 11.9. The van der Waals surface area contributed by atoms with Crippen molar-refractivity contribution >= 4 is 44.0 Å². The topological polar surface area (TPSA) is 86.2 Å². The van der Waals surface area contributed by atoms with Gasteiger partial charge >= 0.3 is 0 Å². The van der Waals surface area contributed by atoms with Crippen LogP contribution in [0, 0.1) is 6.07 Å². The minimum atomic E-state index is 0. The van der Waals surface area contributed by atoms with Crippen LogP contribution in [0.4, 0.5) is 0 Å². The van der Waals surface area contributed by atoms with Crippen LogP contribution in [0.2, 0.25) is 0 Å². The Labute approximate surface area is 238 Å². The van der Waals surface area contributed by atoms with Crippen molar-refractivity contribution in [1.82, 2.24) is 19.5 Å². The van der Waals surface area contributed by atoms with Gasteiger partial charge in [-0.1, -0.05) is 50.4 Å². The van der Waals surface area contributed by atoms with Crippen LogP contribution < -0.4 is 4.74 Å². The monoisotopic (exact) mass is 694 g/mol. The number of pyridine rings is 3. The Morgan fingerprint density at radius 1 is 0.949 bits per heavy atom. The number of hydrogen-bond acceptors (Lipinski definition) is 6. The van der Waals surface area contributed by atoms with Gasteiger partial charge < -0.3 is 19.2 Å². The molecule has 196 valence electrons. The van der Waals surface area contributed by atoms with E-state index >= 15 is 0 Å². The molecule has 5 heterocycles. The molecule has 2 aromatic carbocycles. The molecule has 0 saturated heterocycles. The number of rotatable bonds is 3. The Morgan fingerprint density at radius 2 is 1.82 bits per heavy atom. The van der Waals surface area contributed by atoms with Gasteiger partial charge in [0.25, 0.3) is 0 Å². The van der Waals surface area contributed by atoms with E-state index in [1.54, 1.807) is 24.4 Å². The van der Waals surface area contributed by atoms with Crippen molar-refractivity contribution in [3.8, 4) is 23.2 Å². The van der Waals surface area contributed by atoms with Crippen LogP contribution in [0.5, 0.6) is 17.4 Å². The SMILES string of the molecule is CC(C)(C)c1ccc2c(c1)c1ccc(Oc3[c-]c4c(nc3)oc3cccc(O)c34)nc1n2-c1ccccn1.[Pt]. The maximum atomic E-state index is 10.4. The molecule has 1 N–H and O–H groups in total. The Balaban J connectivity index is 0.00000277. The van der Waals surface area contributed by atoms with Crippen molar-refractivity contribution in [3.05, 3.63) is 90.8 Å². The van der Waals surface area contributed by atoms with Gasteiger partial charge in [0, 0.05) is 44.1 Å². The third kappa shape index (κ3) is 4.14. The Hall–Kier alpha value is -4.22. The van der Waals surface area contributed by atoms with Crippen molar-refractivity contribution in [3.63, 3.8) is 0 Å². The van der Waals surface area contributed by atoms with Crippen LogP contribution in [0.1, 0.15) is 26.3 Å². The average Bonchev–Trinajstić information content (AvgIpc) is 3.44. The van der Waals surface area contributed by atoms with Gasteiger partial charge in [0.15, 0.2) is 5.65 Å². The van der Waals surface area contributed by atoms with Crippen molar-refractivity contribution in [2.45, 2.75) is 26.2 Å². The quantitative estimate of drug-likeness (QED) is 0.193. The number of aromatic hydroxyl groups is 1. The first-order valence-corrected chi connectivity index (χ1v) is 12.3. The van der Waals surface area contributed by atoms with Crippen LogP contribution in [-0.2, 0) is 26.5 Å². The van der Waals surface area contributed by atoms with Crippen molar-refractivity contribution in [2.24, 2.45) is 0 Å². The van der Waals surface area contributed by atoms with E-state index in [2.05, 4.69) is 59.6 Å². The number of ether oxygens (including phenoxy) is 1. The Bertz CT molecular complexity index is 2010. The molecule has 0 bridgehead atoms. The molecule has 0 unspecified atom stereocenters. The van der Waals surface area contributed by atoms with Gasteiger partial charge in [-0.15, -0.1) is 0 Å². The first-order valence-electron chi connectivity index (χ1n) is 12.3. The summed E-state index contributed by atoms with van der Waals surface area (Å²) in [6.07, 6.45) is 3.31. The van der Waals surface area contributed by atoms with Gasteiger partial charge in [0.1, 0.15) is 11.5 Å². The molecule has 7 rings (SSSR count). The summed E-state index contributed by atoms with van der Waals surface area (Å²) in [5.74, 6) is 1.63. The van der Waals surface area contributed by atoms with Gasteiger partial charge in [-0.2, -0.15) is 4.98 Å². The summed E-state index contributed by atoms with van der Waals surface area (Å²) in [4.78, 5) is 13.9. The zero-order valence-corrected chi connectivity index (χ0v) is 23.6. The maximum absolute atomic E-state index is 10.4. The summed E-state index contributed by atoms with van der Waals surface area (Å²) in [6, 6.07) is 24.5. The second kappa shape index (κ2) is 9.21. The Kier molecular flexibility index (Phi) is 5.92. The molecule has 0 atom stereocenters. The molecular formula is C31H23N4O3Pt-. The second-order valence-electron chi connectivity index (χ2n) is 10.3. The largest absolute Gasteiger partial charge is 0.517 e. The van der Waals surface area contributed by atoms with E-state index in [1.807, 2.05) is 30.3 Å². The number of phenols is 1. The van der Waals surface area contributed by atoms with Gasteiger partial charge in [-0.25, -0.2) is 4.98 Å². The molecule has 0 fully saturated rings. The smallest absolute Gasteiger partial charge is 0.219 e. The fourth-order valence-corrected chi connectivity index (χ4v) is 4.88. The summed E-state index contributed by atoms with van der Waals surface area (Å²) in [6.45, 7) is 6.63. The number of aromatic nitrogens is 4. The van der Waals surface area contributed by atoms with Gasteiger partial charge in [-0.05, 0) is 65.0 Å². The van der Waals surface area contributed by atoms with Gasteiger partial charge in [-0.3, -0.25) is 4.57 Å². The molecule has 7 aromatic rings. The first-order chi connectivity index (χ1) is 18.4. The predicted molar refractivity (Wildman–Crippen MR) is 147 cm³/mol. The first kappa shape index (κ1) is 25.1. The van der Waals surface area contributed by atoms with E-state index in [-0.39, 0.29) is 32.2 Å². The molecule has 39 heavy (non-hydrogen) atoms. The summed E-state index contributed by atoms with van der Waals surface area (Å²) in [7, 11) is 0. The molecule has 0 aliphatic carbocycles. The molecule has 0 aliphatic rings. The molecule has 7 nitrogen and oxygen atoms in total. The van der Waals surface area contributed by atoms with Crippen LogP contribution in [0.25, 0.3) is 49.8 Å². The number of furan rings is 1. The molecule has 0 aliphatic heterocycles. The summed E-state index contributed by atoms with van der Waals surface area (Å²) >= 11 is 0. The van der Waals surface area contributed by atoms with E-state index in [0.29, 0.717) is 33.7 Å². The molecule has 0 spiro atoms. The van der Waals surface area contributed by atoms with Crippen LogP contribution in [0.3, 0.4) is 0 Å². The zero-order valence-electron chi connectivity index (χ0n) is 21.4. The molecule has 0 amide bonds. The standard InChI is InChI=1S/C31H23N4O3.Pt/c1-31(2,3)18-10-12-23-21(15-18)20-11-13-27(34-29(20)35(23)26-9-4-5-14-32-26)37-19-16-22-28-24(36)7-6-8-25(28)38-30(22)33-17-19;/h4-15,17,36H,1-3H3;/q-1;. The van der Waals surface area contributed by atoms with Crippen molar-refractivity contribution < 1.29 is 35.3 Å². The second-order valence-corrected chi connectivity index (χ2v) is 10.3. The number of phenolic OH excluding ortho intramolecular Hbond substituents is 1. The fraction of sp³-hybridized carbons (Fsp3) is 0.129. The van der Waals surface area contributed by atoms with Crippen LogP contribution in [-0.4, -0.2) is 24.6 Å². The van der Waals surface area contributed by atoms with Crippen molar-refractivity contribution in [2.75, 3.05) is 0 Å².